The molecular weight excluding hydrogens is 1510 g/mol. The van der Waals surface area contributed by atoms with Gasteiger partial charge in [0.2, 0.25) is 0 Å². The first-order valence-electron chi connectivity index (χ1n) is 41.7. The first-order valence-corrected chi connectivity index (χ1v) is 41.7. The SMILES string of the molecule is C.C.Cc1c(CC(C)(C)C)ccc(F)c1F.Cc1c(F)cc(F)cc1CC(C)(C)C.Cc1c(F)ccc(F)c1CC(C)(C)C.Cc1c(F)cccc1CC(C)(C)C.Cc1cc(F)ccc1CC(C)(C)C.Cc1ccc(F)cc1CC(C)(C)C.Cc1cccc(F)c1CC(C)(C)C.Cc1ccccc1CC(C)(C)C.Cc1cccnc1CC(C)(C)C. The average molecular weight is 1670 g/mol. The Balaban J connectivity index is 0. The summed E-state index contributed by atoms with van der Waals surface area (Å²) in [4.78, 5) is 4.36. The summed E-state index contributed by atoms with van der Waals surface area (Å²) in [6.45, 7) is 74.9. The van der Waals surface area contributed by atoms with E-state index in [1.54, 1.807) is 51.1 Å². The van der Waals surface area contributed by atoms with E-state index < -0.39 is 23.3 Å². The molecule has 11 heteroatoms. The maximum atomic E-state index is 13.4. The van der Waals surface area contributed by atoms with Crippen LogP contribution in [0.5, 0.6) is 0 Å². The molecule has 0 fully saturated rings. The second kappa shape index (κ2) is 49.5. The number of halogens is 10. The highest BCUT2D eigenvalue weighted by atomic mass is 19.2. The van der Waals surface area contributed by atoms with Gasteiger partial charge in [0.05, 0.1) is 0 Å². The van der Waals surface area contributed by atoms with Crippen LogP contribution in [0.4, 0.5) is 43.9 Å². The minimum absolute atomic E-state index is 0. The predicted molar refractivity (Wildman–Crippen MR) is 500 cm³/mol. The molecule has 9 aromatic rings. The molecule has 670 valence electrons. The first-order chi connectivity index (χ1) is 53.5. The van der Waals surface area contributed by atoms with Gasteiger partial charge in [0.15, 0.2) is 11.6 Å². The molecule has 1 aromatic heterocycles. The predicted octanol–water partition coefficient (Wildman–Crippen LogP) is 34.3. The second-order valence-electron chi connectivity index (χ2n) is 43.0. The van der Waals surface area contributed by atoms with Crippen molar-refractivity contribution in [1.82, 2.24) is 4.98 Å². The van der Waals surface area contributed by atoms with Crippen molar-refractivity contribution in [2.75, 3.05) is 0 Å². The molecule has 120 heavy (non-hydrogen) atoms. The van der Waals surface area contributed by atoms with Crippen molar-refractivity contribution in [3.8, 4) is 0 Å². The number of hydrogen-bond donors (Lipinski definition) is 0. The zero-order chi connectivity index (χ0) is 91.4. The molecule has 0 saturated carbocycles. The van der Waals surface area contributed by atoms with E-state index in [0.29, 0.717) is 45.9 Å². The summed E-state index contributed by atoms with van der Waals surface area (Å²) in [7, 11) is 0. The monoisotopic (exact) mass is 1670 g/mol. The van der Waals surface area contributed by atoms with Crippen LogP contribution in [0.15, 0.2) is 152 Å². The first kappa shape index (κ1) is 114. The van der Waals surface area contributed by atoms with Crippen molar-refractivity contribution in [3.63, 3.8) is 0 Å². The molecule has 0 amide bonds. The van der Waals surface area contributed by atoms with E-state index in [9.17, 15) is 43.9 Å². The molecule has 0 atom stereocenters. The van der Waals surface area contributed by atoms with Gasteiger partial charge < -0.3 is 0 Å². The van der Waals surface area contributed by atoms with Gasteiger partial charge in [0.25, 0.3) is 0 Å². The van der Waals surface area contributed by atoms with Gasteiger partial charge in [-0.3, -0.25) is 4.98 Å². The van der Waals surface area contributed by atoms with Crippen molar-refractivity contribution in [2.24, 2.45) is 48.7 Å². The Morgan fingerprint density at radius 3 is 1.02 bits per heavy atom. The molecule has 0 N–H and O–H groups in total. The lowest BCUT2D eigenvalue weighted by molar-refractivity contribution is 0.399. The average Bonchev–Trinajstić information content (AvgIpc) is 0.838. The molecule has 0 radical (unpaired) electrons. The molecule has 0 aliphatic carbocycles. The van der Waals surface area contributed by atoms with Crippen molar-refractivity contribution in [3.05, 3.63) is 310 Å². The normalized spacial score (nSPS) is 11.6. The summed E-state index contributed by atoms with van der Waals surface area (Å²) < 4.78 is 131. The molecular formula is C109H159F10N. The third kappa shape index (κ3) is 49.3. The lowest BCUT2D eigenvalue weighted by Gasteiger charge is -2.20. The number of benzene rings is 8. The van der Waals surface area contributed by atoms with Gasteiger partial charge >= 0.3 is 0 Å². The van der Waals surface area contributed by atoms with E-state index >= 15 is 0 Å². The number of aromatic nitrogens is 1. The van der Waals surface area contributed by atoms with Gasteiger partial charge in [-0.1, -0.05) is 275 Å². The minimum Gasteiger partial charge on any atom is -0.261 e. The van der Waals surface area contributed by atoms with Crippen LogP contribution in [0.2, 0.25) is 0 Å². The maximum Gasteiger partial charge on any atom is 0.161 e. The molecule has 0 aliphatic rings. The Hall–Kier alpha value is -7.79. The zero-order valence-electron chi connectivity index (χ0n) is 79.5. The van der Waals surface area contributed by atoms with Crippen LogP contribution < -0.4 is 0 Å². The smallest absolute Gasteiger partial charge is 0.161 e. The summed E-state index contributed by atoms with van der Waals surface area (Å²) >= 11 is 0. The van der Waals surface area contributed by atoms with Crippen LogP contribution >= 0.6 is 0 Å². The Morgan fingerprint density at radius 2 is 0.550 bits per heavy atom. The van der Waals surface area contributed by atoms with Crippen LogP contribution in [0.3, 0.4) is 0 Å². The van der Waals surface area contributed by atoms with Gasteiger partial charge in [0, 0.05) is 18.0 Å². The Morgan fingerprint density at radius 1 is 0.217 bits per heavy atom. The standard InChI is InChI=1S/3C12H16F2.4C12H17F.C12H18.C11H17N.2CH4/c1-8-9(7-12(2,3)4)5-10(13)6-11(8)14;1-8-9(7-12(2,3)4)11(14)6-5-10(8)13;1-8-9(7-12(2,3)4)5-6-10(13)11(8)14;1-9-7-11(13)6-5-10(9)8-12(2,3)4;1-9-5-6-11(13)7-10(9)8-12(2,3)4;1-9-10(8-12(2,3)4)6-5-7-11(9)13;1-9-6-5-7-11(13)10(9)8-12(2,3)4;1-10-7-5-6-8-11(10)9-12(2,3)4;1-9-6-5-7-12-10(9)8-11(2,3)4;;/h3*5-6H,7H2,1-4H3;4*5-7H,8H2,1-4H3;5-8H,9H2,1-4H3;5-7H,8H2,1-4H3;2*1H4. The molecule has 0 bridgehead atoms. The van der Waals surface area contributed by atoms with E-state index in [1.165, 1.54) is 88.5 Å². The van der Waals surface area contributed by atoms with Gasteiger partial charge in [-0.05, 0) is 330 Å². The van der Waals surface area contributed by atoms with E-state index in [4.69, 9.17) is 0 Å². The van der Waals surface area contributed by atoms with Gasteiger partial charge in [-0.25, -0.2) is 43.9 Å². The Bertz CT molecular complexity index is 4440. The van der Waals surface area contributed by atoms with Gasteiger partial charge in [-0.15, -0.1) is 0 Å². The topological polar surface area (TPSA) is 12.9 Å². The highest BCUT2D eigenvalue weighted by molar-refractivity contribution is 5.35. The van der Waals surface area contributed by atoms with Crippen molar-refractivity contribution in [2.45, 2.75) is 322 Å². The molecule has 0 unspecified atom stereocenters. The molecule has 0 saturated heterocycles. The van der Waals surface area contributed by atoms with Gasteiger partial charge in [0.1, 0.15) is 46.5 Å². The number of nitrogens with zero attached hydrogens (tertiary/aromatic N) is 1. The number of aryl methyl sites for hydroxylation is 5. The van der Waals surface area contributed by atoms with Crippen molar-refractivity contribution in [1.29, 1.82) is 0 Å². The van der Waals surface area contributed by atoms with E-state index in [-0.39, 0.29) is 87.7 Å². The van der Waals surface area contributed by atoms with Crippen LogP contribution in [0, 0.1) is 169 Å². The molecule has 1 heterocycles. The Kier molecular flexibility index (Phi) is 47.1. The van der Waals surface area contributed by atoms with Crippen LogP contribution in [-0.2, 0) is 57.8 Å². The molecule has 0 aliphatic heterocycles. The summed E-state index contributed by atoms with van der Waals surface area (Å²) in [6.07, 6.45) is 9.75. The van der Waals surface area contributed by atoms with E-state index in [2.05, 4.69) is 215 Å². The third-order valence-electron chi connectivity index (χ3n) is 18.5. The van der Waals surface area contributed by atoms with Crippen LogP contribution in [-0.4, -0.2) is 4.98 Å². The zero-order valence-corrected chi connectivity index (χ0v) is 79.5. The highest BCUT2D eigenvalue weighted by Gasteiger charge is 2.23. The van der Waals surface area contributed by atoms with E-state index in [1.807, 2.05) is 85.0 Å². The fraction of sp³-hybridized carbons (Fsp3) is 0.514. The summed E-state index contributed by atoms with van der Waals surface area (Å²) in [5.41, 5.74) is 19.1. The Labute approximate surface area is 725 Å². The molecule has 0 spiro atoms. The molecule has 9 rings (SSSR count). The second-order valence-corrected chi connectivity index (χ2v) is 43.0. The van der Waals surface area contributed by atoms with Crippen molar-refractivity contribution >= 4 is 0 Å². The van der Waals surface area contributed by atoms with Crippen molar-refractivity contribution < 1.29 is 43.9 Å². The number of hydrogen-bond acceptors (Lipinski definition) is 1. The lowest BCUT2D eigenvalue weighted by Crippen LogP contribution is -2.12. The summed E-state index contributed by atoms with van der Waals surface area (Å²) in [5.74, 6) is -3.51. The number of rotatable bonds is 9. The van der Waals surface area contributed by atoms with Crippen LogP contribution in [0.1, 0.15) is 302 Å². The van der Waals surface area contributed by atoms with Crippen LogP contribution in [0.25, 0.3) is 0 Å². The lowest BCUT2D eigenvalue weighted by atomic mass is 9.86. The maximum absolute atomic E-state index is 13.4. The quantitative estimate of drug-likeness (QED) is 0.131. The third-order valence-corrected chi connectivity index (χ3v) is 18.5. The number of pyridine rings is 1. The summed E-state index contributed by atoms with van der Waals surface area (Å²) in [6, 6.07) is 40.9. The largest absolute Gasteiger partial charge is 0.261 e. The fourth-order valence-electron chi connectivity index (χ4n) is 12.6. The van der Waals surface area contributed by atoms with E-state index in [0.717, 1.165) is 89.1 Å². The summed E-state index contributed by atoms with van der Waals surface area (Å²) in [5, 5.41) is 0. The van der Waals surface area contributed by atoms with Gasteiger partial charge in [-0.2, -0.15) is 0 Å². The fourth-order valence-corrected chi connectivity index (χ4v) is 12.6. The minimum atomic E-state index is -0.764. The molecule has 8 aromatic carbocycles. The highest BCUT2D eigenvalue weighted by Crippen LogP contribution is 2.32. The molecule has 1 nitrogen and oxygen atoms in total.